The molecule has 0 radical (unpaired) electrons. The van der Waals surface area contributed by atoms with Gasteiger partial charge in [0.05, 0.1) is 7.11 Å². The number of amides is 1. The minimum atomic E-state index is -0.516. The summed E-state index contributed by atoms with van der Waals surface area (Å²) >= 11 is 0. The standard InChI is InChI=1S/C14H17NO4/c1-10-3-5-11(6-4-10)12(16)7-8-13(17)15-9-14(18)19-2/h3-6H,7-9H2,1-2H3,(H,15,17). The highest BCUT2D eigenvalue weighted by Gasteiger charge is 2.10. The zero-order valence-electron chi connectivity index (χ0n) is 11.1. The van der Waals surface area contributed by atoms with E-state index in [1.54, 1.807) is 12.1 Å². The number of nitrogens with one attached hydrogen (secondary N) is 1. The molecule has 19 heavy (non-hydrogen) atoms. The van der Waals surface area contributed by atoms with Crippen LogP contribution >= 0.6 is 0 Å². The summed E-state index contributed by atoms with van der Waals surface area (Å²) in [5.41, 5.74) is 1.67. The fourth-order valence-electron chi connectivity index (χ4n) is 1.44. The Hall–Kier alpha value is -2.17. The van der Waals surface area contributed by atoms with Crippen molar-refractivity contribution in [3.63, 3.8) is 0 Å². The van der Waals surface area contributed by atoms with Crippen molar-refractivity contribution < 1.29 is 19.1 Å². The number of carbonyl (C=O) groups excluding carboxylic acids is 3. The fourth-order valence-corrected chi connectivity index (χ4v) is 1.44. The van der Waals surface area contributed by atoms with Crippen LogP contribution in [0.5, 0.6) is 0 Å². The maximum absolute atomic E-state index is 11.8. The van der Waals surface area contributed by atoms with Gasteiger partial charge in [-0.15, -0.1) is 0 Å². The third-order valence-corrected chi connectivity index (χ3v) is 2.61. The first kappa shape index (κ1) is 14.9. The van der Waals surface area contributed by atoms with E-state index < -0.39 is 5.97 Å². The number of ketones is 1. The lowest BCUT2D eigenvalue weighted by molar-refractivity contribution is -0.141. The van der Waals surface area contributed by atoms with Gasteiger partial charge in [0.25, 0.3) is 0 Å². The Kier molecular flexibility index (Phi) is 5.73. The molecule has 0 bridgehead atoms. The molecule has 5 heteroatoms. The highest BCUT2D eigenvalue weighted by Crippen LogP contribution is 2.07. The number of benzene rings is 1. The Morgan fingerprint density at radius 2 is 1.74 bits per heavy atom. The number of hydrogen-bond donors (Lipinski definition) is 1. The lowest BCUT2D eigenvalue weighted by Gasteiger charge is -2.04. The SMILES string of the molecule is COC(=O)CNC(=O)CCC(=O)c1ccc(C)cc1. The molecule has 0 heterocycles. The van der Waals surface area contributed by atoms with Gasteiger partial charge in [-0.2, -0.15) is 0 Å². The smallest absolute Gasteiger partial charge is 0.325 e. The van der Waals surface area contributed by atoms with E-state index >= 15 is 0 Å². The van der Waals surface area contributed by atoms with Crippen LogP contribution in [0.15, 0.2) is 24.3 Å². The van der Waals surface area contributed by atoms with E-state index in [9.17, 15) is 14.4 Å². The summed E-state index contributed by atoms with van der Waals surface area (Å²) in [4.78, 5) is 34.0. The molecule has 0 saturated carbocycles. The van der Waals surface area contributed by atoms with Crippen LogP contribution in [0.1, 0.15) is 28.8 Å². The molecule has 0 spiro atoms. The first-order valence-electron chi connectivity index (χ1n) is 5.96. The Labute approximate surface area is 111 Å². The number of Topliss-reactive ketones (excluding diaryl/α,β-unsaturated/α-hetero) is 1. The maximum Gasteiger partial charge on any atom is 0.325 e. The van der Waals surface area contributed by atoms with Gasteiger partial charge in [-0.25, -0.2) is 0 Å². The molecule has 0 aliphatic heterocycles. The van der Waals surface area contributed by atoms with E-state index in [0.717, 1.165) is 5.56 Å². The van der Waals surface area contributed by atoms with Crippen molar-refractivity contribution in [2.24, 2.45) is 0 Å². The average Bonchev–Trinajstić information content (AvgIpc) is 2.42. The summed E-state index contributed by atoms with van der Waals surface area (Å²) in [7, 11) is 1.25. The molecule has 0 aliphatic rings. The van der Waals surface area contributed by atoms with Gasteiger partial charge < -0.3 is 10.1 Å². The molecular weight excluding hydrogens is 246 g/mol. The van der Waals surface area contributed by atoms with Crippen molar-refractivity contribution >= 4 is 17.7 Å². The van der Waals surface area contributed by atoms with E-state index in [2.05, 4.69) is 10.1 Å². The Bertz CT molecular complexity index is 465. The second-order valence-corrected chi connectivity index (χ2v) is 4.14. The molecule has 0 atom stereocenters. The summed E-state index contributed by atoms with van der Waals surface area (Å²) in [6.07, 6.45) is 0.180. The van der Waals surface area contributed by atoms with E-state index in [1.807, 2.05) is 19.1 Å². The average molecular weight is 263 g/mol. The van der Waals surface area contributed by atoms with Gasteiger partial charge in [-0.05, 0) is 6.92 Å². The van der Waals surface area contributed by atoms with E-state index in [-0.39, 0.29) is 31.1 Å². The van der Waals surface area contributed by atoms with Crippen LogP contribution in [0.2, 0.25) is 0 Å². The molecule has 0 fully saturated rings. The number of aryl methyl sites for hydroxylation is 1. The Balaban J connectivity index is 2.36. The summed E-state index contributed by atoms with van der Waals surface area (Å²) in [5.74, 6) is -0.947. The van der Waals surface area contributed by atoms with Crippen molar-refractivity contribution in [3.8, 4) is 0 Å². The number of methoxy groups -OCH3 is 1. The van der Waals surface area contributed by atoms with Gasteiger partial charge in [0, 0.05) is 18.4 Å². The van der Waals surface area contributed by atoms with Crippen LogP contribution in [0.4, 0.5) is 0 Å². The van der Waals surface area contributed by atoms with E-state index in [4.69, 9.17) is 0 Å². The van der Waals surface area contributed by atoms with Crippen LogP contribution < -0.4 is 5.32 Å². The fraction of sp³-hybridized carbons (Fsp3) is 0.357. The van der Waals surface area contributed by atoms with Crippen molar-refractivity contribution in [2.45, 2.75) is 19.8 Å². The first-order valence-corrected chi connectivity index (χ1v) is 5.96. The lowest BCUT2D eigenvalue weighted by atomic mass is 10.1. The molecule has 1 aromatic rings. The van der Waals surface area contributed by atoms with Crippen LogP contribution in [-0.2, 0) is 14.3 Å². The number of hydrogen-bond acceptors (Lipinski definition) is 4. The third kappa shape index (κ3) is 5.33. The molecule has 1 aromatic carbocycles. The molecule has 1 amide bonds. The summed E-state index contributed by atoms with van der Waals surface area (Å²) in [6, 6.07) is 7.18. The van der Waals surface area contributed by atoms with Gasteiger partial charge in [-0.1, -0.05) is 29.8 Å². The molecule has 5 nitrogen and oxygen atoms in total. The molecule has 102 valence electrons. The predicted molar refractivity (Wildman–Crippen MR) is 69.8 cm³/mol. The molecular formula is C14H17NO4. The monoisotopic (exact) mass is 263 g/mol. The van der Waals surface area contributed by atoms with Gasteiger partial charge >= 0.3 is 5.97 Å². The maximum atomic E-state index is 11.8. The Morgan fingerprint density at radius 1 is 1.11 bits per heavy atom. The van der Waals surface area contributed by atoms with Gasteiger partial charge in [0.1, 0.15) is 6.54 Å². The lowest BCUT2D eigenvalue weighted by Crippen LogP contribution is -2.30. The molecule has 0 saturated heterocycles. The number of ether oxygens (including phenoxy) is 1. The highest BCUT2D eigenvalue weighted by atomic mass is 16.5. The van der Waals surface area contributed by atoms with Gasteiger partial charge in [0.2, 0.25) is 5.91 Å². The normalized spacial score (nSPS) is 9.79. The topological polar surface area (TPSA) is 72.5 Å². The third-order valence-electron chi connectivity index (χ3n) is 2.61. The van der Waals surface area contributed by atoms with Crippen molar-refractivity contribution in [1.82, 2.24) is 5.32 Å². The minimum absolute atomic E-state index is 0.0592. The van der Waals surface area contributed by atoms with Crippen molar-refractivity contribution in [3.05, 3.63) is 35.4 Å². The first-order chi connectivity index (χ1) is 9.02. The van der Waals surface area contributed by atoms with Crippen LogP contribution in [-0.4, -0.2) is 31.3 Å². The quantitative estimate of drug-likeness (QED) is 0.619. The number of rotatable bonds is 6. The van der Waals surface area contributed by atoms with Crippen molar-refractivity contribution in [2.75, 3.05) is 13.7 Å². The van der Waals surface area contributed by atoms with E-state index in [0.29, 0.717) is 5.56 Å². The molecule has 0 aromatic heterocycles. The summed E-state index contributed by atoms with van der Waals surface area (Å²) in [5, 5.41) is 2.38. The zero-order valence-corrected chi connectivity index (χ0v) is 11.1. The largest absolute Gasteiger partial charge is 0.468 e. The van der Waals surface area contributed by atoms with Gasteiger partial charge in [0.15, 0.2) is 5.78 Å². The van der Waals surface area contributed by atoms with E-state index in [1.165, 1.54) is 7.11 Å². The van der Waals surface area contributed by atoms with Crippen LogP contribution in [0, 0.1) is 6.92 Å². The van der Waals surface area contributed by atoms with Crippen molar-refractivity contribution in [1.29, 1.82) is 0 Å². The second-order valence-electron chi connectivity index (χ2n) is 4.14. The molecule has 0 aliphatic carbocycles. The molecule has 1 rings (SSSR count). The minimum Gasteiger partial charge on any atom is -0.468 e. The predicted octanol–water partition coefficient (Wildman–Crippen LogP) is 1.25. The van der Waals surface area contributed by atoms with Crippen LogP contribution in [0.25, 0.3) is 0 Å². The molecule has 0 unspecified atom stereocenters. The second kappa shape index (κ2) is 7.31. The van der Waals surface area contributed by atoms with Crippen LogP contribution in [0.3, 0.4) is 0 Å². The molecule has 1 N–H and O–H groups in total. The summed E-state index contributed by atoms with van der Waals surface area (Å²) in [6.45, 7) is 1.77. The summed E-state index contributed by atoms with van der Waals surface area (Å²) < 4.78 is 4.39. The number of carbonyl (C=O) groups is 3. The Morgan fingerprint density at radius 3 is 2.32 bits per heavy atom. The highest BCUT2D eigenvalue weighted by molar-refractivity contribution is 5.98. The van der Waals surface area contributed by atoms with Gasteiger partial charge in [-0.3, -0.25) is 14.4 Å². The number of esters is 1. The zero-order chi connectivity index (χ0) is 14.3.